The summed E-state index contributed by atoms with van der Waals surface area (Å²) in [4.78, 5) is 21.5. The fourth-order valence-corrected chi connectivity index (χ4v) is 2.62. The minimum Gasteiger partial charge on any atom is -0.347 e. The van der Waals surface area contributed by atoms with Gasteiger partial charge in [-0.1, -0.05) is 0 Å². The van der Waals surface area contributed by atoms with Crippen molar-refractivity contribution in [1.29, 1.82) is 0 Å². The fourth-order valence-electron chi connectivity index (χ4n) is 2.62. The molecular weight excluding hydrogens is 221 g/mol. The summed E-state index contributed by atoms with van der Waals surface area (Å²) >= 11 is 0. The minimum atomic E-state index is -0.394. The number of aromatic nitrogens is 2. The highest BCUT2D eigenvalue weighted by molar-refractivity contribution is 5.85. The summed E-state index contributed by atoms with van der Waals surface area (Å²) in [5.41, 5.74) is 1.72. The Morgan fingerprint density at radius 2 is 2.41 bits per heavy atom. The number of nitrogens with zero attached hydrogens (tertiary/aromatic N) is 2. The molecular formula is C12H16FN3O. The number of carbonyl (C=O) groups excluding carboxylic acids is 1. The minimum absolute atomic E-state index is 0.135. The van der Waals surface area contributed by atoms with Gasteiger partial charge in [0.15, 0.2) is 0 Å². The van der Waals surface area contributed by atoms with E-state index in [9.17, 15) is 9.18 Å². The van der Waals surface area contributed by atoms with E-state index in [1.807, 2.05) is 4.90 Å². The molecule has 1 aliphatic carbocycles. The van der Waals surface area contributed by atoms with Gasteiger partial charge in [-0.2, -0.15) is 0 Å². The third kappa shape index (κ3) is 1.73. The molecule has 0 spiro atoms. The molecule has 2 heterocycles. The van der Waals surface area contributed by atoms with Gasteiger partial charge in [0.1, 0.15) is 0 Å². The van der Waals surface area contributed by atoms with E-state index < -0.39 is 6.67 Å². The van der Waals surface area contributed by atoms with Crippen LogP contribution in [0.1, 0.15) is 30.7 Å². The highest BCUT2D eigenvalue weighted by Crippen LogP contribution is 2.50. The summed E-state index contributed by atoms with van der Waals surface area (Å²) in [7, 11) is 0. The van der Waals surface area contributed by atoms with E-state index in [2.05, 4.69) is 9.97 Å². The number of nitrogens with one attached hydrogen (secondary N) is 1. The maximum absolute atomic E-state index is 12.5. The van der Waals surface area contributed by atoms with E-state index in [1.54, 1.807) is 6.33 Å². The molecule has 1 saturated carbocycles. The monoisotopic (exact) mass is 237 g/mol. The molecule has 1 aromatic heterocycles. The van der Waals surface area contributed by atoms with E-state index in [4.69, 9.17) is 0 Å². The second kappa shape index (κ2) is 3.82. The van der Waals surface area contributed by atoms with Crippen molar-refractivity contribution in [2.75, 3.05) is 13.2 Å². The van der Waals surface area contributed by atoms with Crippen molar-refractivity contribution in [3.05, 3.63) is 17.7 Å². The number of hydrogen-bond acceptors (Lipinski definition) is 2. The van der Waals surface area contributed by atoms with Gasteiger partial charge >= 0.3 is 0 Å². The van der Waals surface area contributed by atoms with Crippen molar-refractivity contribution in [2.45, 2.75) is 32.2 Å². The molecule has 0 saturated heterocycles. The standard InChI is InChI=1S/C12H16FN3O/c13-5-4-12(2-3-12)11(17)16-6-1-9-10(7-16)15-8-14-9/h8H,1-7H2,(H,14,15). The van der Waals surface area contributed by atoms with E-state index in [-0.39, 0.29) is 11.3 Å². The van der Waals surface area contributed by atoms with Crippen molar-refractivity contribution in [3.8, 4) is 0 Å². The average molecular weight is 237 g/mol. The molecule has 1 aliphatic heterocycles. The zero-order valence-corrected chi connectivity index (χ0v) is 9.71. The average Bonchev–Trinajstić information content (AvgIpc) is 2.97. The van der Waals surface area contributed by atoms with Crippen LogP contribution in [0.5, 0.6) is 0 Å². The topological polar surface area (TPSA) is 49.0 Å². The van der Waals surface area contributed by atoms with Gasteiger partial charge < -0.3 is 9.88 Å². The number of imidazole rings is 1. The van der Waals surface area contributed by atoms with Crippen LogP contribution in [0.2, 0.25) is 0 Å². The Labute approximate surface area is 99.2 Å². The lowest BCUT2D eigenvalue weighted by molar-refractivity contribution is -0.138. The highest BCUT2D eigenvalue weighted by atomic mass is 19.1. The van der Waals surface area contributed by atoms with E-state index in [0.29, 0.717) is 19.5 Å². The Morgan fingerprint density at radius 1 is 1.59 bits per heavy atom. The van der Waals surface area contributed by atoms with Gasteiger partial charge in [0.05, 0.1) is 36.3 Å². The Bertz CT molecular complexity index is 439. The summed E-state index contributed by atoms with van der Waals surface area (Å²) in [6.45, 7) is 0.918. The molecule has 1 amide bonds. The van der Waals surface area contributed by atoms with Crippen LogP contribution in [-0.2, 0) is 17.8 Å². The quantitative estimate of drug-likeness (QED) is 0.864. The molecule has 1 fully saturated rings. The number of amides is 1. The first-order valence-electron chi connectivity index (χ1n) is 6.12. The van der Waals surface area contributed by atoms with Gasteiger partial charge in [0, 0.05) is 13.0 Å². The van der Waals surface area contributed by atoms with Gasteiger partial charge in [-0.15, -0.1) is 0 Å². The van der Waals surface area contributed by atoms with Crippen LogP contribution >= 0.6 is 0 Å². The molecule has 3 rings (SSSR count). The lowest BCUT2D eigenvalue weighted by Gasteiger charge is -2.29. The first-order valence-corrected chi connectivity index (χ1v) is 6.12. The van der Waals surface area contributed by atoms with Gasteiger partial charge in [0.2, 0.25) is 5.91 Å². The van der Waals surface area contributed by atoms with Gasteiger partial charge in [-0.25, -0.2) is 4.98 Å². The van der Waals surface area contributed by atoms with Gasteiger partial charge in [-0.05, 0) is 19.3 Å². The number of alkyl halides is 1. The summed E-state index contributed by atoms with van der Waals surface area (Å²) in [5, 5.41) is 0. The molecule has 92 valence electrons. The lowest BCUT2D eigenvalue weighted by atomic mass is 10.00. The third-order valence-corrected chi connectivity index (χ3v) is 3.94. The highest BCUT2D eigenvalue weighted by Gasteiger charge is 2.51. The van der Waals surface area contributed by atoms with E-state index in [0.717, 1.165) is 30.7 Å². The predicted octanol–water partition coefficient (Wildman–Crippen LogP) is 1.43. The first-order chi connectivity index (χ1) is 8.25. The Morgan fingerprint density at radius 3 is 3.12 bits per heavy atom. The molecule has 1 aromatic rings. The van der Waals surface area contributed by atoms with Crippen LogP contribution < -0.4 is 0 Å². The molecule has 2 aliphatic rings. The molecule has 17 heavy (non-hydrogen) atoms. The lowest BCUT2D eigenvalue weighted by Crippen LogP contribution is -2.41. The van der Waals surface area contributed by atoms with Crippen molar-refractivity contribution in [3.63, 3.8) is 0 Å². The molecule has 0 radical (unpaired) electrons. The van der Waals surface area contributed by atoms with Crippen molar-refractivity contribution < 1.29 is 9.18 Å². The van der Waals surface area contributed by atoms with Gasteiger partial charge in [0.25, 0.3) is 0 Å². The molecule has 0 bridgehead atoms. The number of rotatable bonds is 3. The molecule has 1 N–H and O–H groups in total. The van der Waals surface area contributed by atoms with Crippen LogP contribution in [0.3, 0.4) is 0 Å². The Kier molecular flexibility index (Phi) is 2.42. The third-order valence-electron chi connectivity index (χ3n) is 3.94. The summed E-state index contributed by atoms with van der Waals surface area (Å²) in [6.07, 6.45) is 4.56. The number of halogens is 1. The number of carbonyl (C=O) groups is 1. The van der Waals surface area contributed by atoms with Crippen molar-refractivity contribution >= 4 is 5.91 Å². The van der Waals surface area contributed by atoms with Crippen molar-refractivity contribution in [1.82, 2.24) is 14.9 Å². The van der Waals surface area contributed by atoms with Crippen LogP contribution in [-0.4, -0.2) is 34.0 Å². The molecule has 4 nitrogen and oxygen atoms in total. The maximum Gasteiger partial charge on any atom is 0.229 e. The smallest absolute Gasteiger partial charge is 0.229 e. The second-order valence-corrected chi connectivity index (χ2v) is 5.02. The van der Waals surface area contributed by atoms with Crippen LogP contribution in [0.25, 0.3) is 0 Å². The fraction of sp³-hybridized carbons (Fsp3) is 0.667. The summed E-state index contributed by atoms with van der Waals surface area (Å²) in [6, 6.07) is 0. The largest absolute Gasteiger partial charge is 0.347 e. The summed E-state index contributed by atoms with van der Waals surface area (Å²) < 4.78 is 12.5. The first kappa shape index (κ1) is 10.7. The maximum atomic E-state index is 12.5. The van der Waals surface area contributed by atoms with Gasteiger partial charge in [-0.3, -0.25) is 9.18 Å². The summed E-state index contributed by atoms with van der Waals surface area (Å²) in [5.74, 6) is 0.135. The zero-order valence-electron chi connectivity index (χ0n) is 9.71. The SMILES string of the molecule is O=C(N1CCc2nc[nH]c2C1)C1(CCF)CC1. The molecule has 0 unspecified atom stereocenters. The number of fused-ring (bicyclic) bond motifs is 1. The number of H-pyrrole nitrogens is 1. The second-order valence-electron chi connectivity index (χ2n) is 5.02. The van der Waals surface area contributed by atoms with E-state index >= 15 is 0 Å². The van der Waals surface area contributed by atoms with Crippen LogP contribution in [0, 0.1) is 5.41 Å². The number of hydrogen-bond donors (Lipinski definition) is 1. The molecule has 0 aromatic carbocycles. The number of aromatic amines is 1. The van der Waals surface area contributed by atoms with Crippen LogP contribution in [0.4, 0.5) is 4.39 Å². The zero-order chi connectivity index (χ0) is 11.9. The van der Waals surface area contributed by atoms with E-state index in [1.165, 1.54) is 0 Å². The Balaban J connectivity index is 1.73. The predicted molar refractivity (Wildman–Crippen MR) is 60.0 cm³/mol. The molecule has 5 heteroatoms. The Hall–Kier alpha value is -1.39. The van der Waals surface area contributed by atoms with Crippen molar-refractivity contribution in [2.24, 2.45) is 5.41 Å². The normalized spacial score (nSPS) is 21.1. The van der Waals surface area contributed by atoms with Crippen LogP contribution in [0.15, 0.2) is 6.33 Å². The molecule has 0 atom stereocenters.